The molecule has 0 aliphatic heterocycles. The van der Waals surface area contributed by atoms with Crippen molar-refractivity contribution in [2.45, 2.75) is 51.7 Å². The van der Waals surface area contributed by atoms with Crippen LogP contribution in [0.1, 0.15) is 0 Å². The van der Waals surface area contributed by atoms with Crippen LogP contribution in [-0.2, 0) is 25.2 Å². The highest BCUT2D eigenvalue weighted by Gasteiger charge is 2.15. The molecular formula is C21H48Cl2N4O6Si2. The number of hydrogen-bond acceptors (Lipinski definition) is 9. The molecule has 0 aromatic carbocycles. The number of nitrogens with two attached hydrogens (primary N) is 1. The van der Waals surface area contributed by atoms with E-state index in [2.05, 4.69) is 60.8 Å². The summed E-state index contributed by atoms with van der Waals surface area (Å²) in [5.41, 5.74) is 5.37. The molecule has 1 aromatic heterocycles. The second-order valence-corrected chi connectivity index (χ2v) is 20.1. The van der Waals surface area contributed by atoms with Gasteiger partial charge in [-0.3, -0.25) is 4.68 Å². The van der Waals surface area contributed by atoms with Crippen molar-refractivity contribution in [1.29, 1.82) is 0 Å². The third kappa shape index (κ3) is 46.8. The summed E-state index contributed by atoms with van der Waals surface area (Å²) in [5, 5.41) is 14.8. The maximum atomic E-state index is 9.04. The van der Waals surface area contributed by atoms with Gasteiger partial charge in [0.15, 0.2) is 6.29 Å². The number of nitrogens with zero attached hydrogens (tertiary/aromatic N) is 3. The molecule has 0 saturated carbocycles. The van der Waals surface area contributed by atoms with Gasteiger partial charge in [0.2, 0.25) is 0 Å². The van der Waals surface area contributed by atoms with Gasteiger partial charge in [-0.05, 0) is 6.17 Å². The quantitative estimate of drug-likeness (QED) is 0.157. The molecule has 0 atom stereocenters. The van der Waals surface area contributed by atoms with Crippen LogP contribution >= 0.6 is 23.2 Å². The van der Waals surface area contributed by atoms with Crippen molar-refractivity contribution in [3.05, 3.63) is 6.20 Å². The molecule has 0 spiro atoms. The summed E-state index contributed by atoms with van der Waals surface area (Å²) >= 11 is 10.1. The van der Waals surface area contributed by atoms with Crippen LogP contribution in [0, 0.1) is 12.5 Å². The number of terminal acetylenes is 1. The van der Waals surface area contributed by atoms with Crippen molar-refractivity contribution in [3.8, 4) is 18.4 Å². The van der Waals surface area contributed by atoms with Gasteiger partial charge in [-0.1, -0.05) is 56.0 Å². The maximum absolute atomic E-state index is 9.04. The summed E-state index contributed by atoms with van der Waals surface area (Å²) in [6.07, 6.45) is 10.6. The SMILES string of the molecule is C#COC.CO.COC(CCl)OC.COc1cn(C[Si](C)(C)C)nn1.C[Si](C)(C)CN.O=CCCl. The smallest absolute Gasteiger partial charge is 0.253 e. The van der Waals surface area contributed by atoms with Crippen molar-refractivity contribution in [2.75, 3.05) is 53.5 Å². The van der Waals surface area contributed by atoms with Crippen LogP contribution in [0.3, 0.4) is 0 Å². The number of aromatic nitrogens is 3. The van der Waals surface area contributed by atoms with Crippen LogP contribution in [0.25, 0.3) is 0 Å². The fourth-order valence-electron chi connectivity index (χ4n) is 1.16. The number of aldehydes is 1. The fourth-order valence-corrected chi connectivity index (χ4v) is 2.54. The van der Waals surface area contributed by atoms with Gasteiger partial charge in [0, 0.05) is 27.5 Å². The van der Waals surface area contributed by atoms with E-state index in [4.69, 9.17) is 53.0 Å². The number of aliphatic hydroxyl groups is 1. The molecule has 10 nitrogen and oxygen atoms in total. The molecule has 1 rings (SSSR count). The molecule has 1 aromatic rings. The van der Waals surface area contributed by atoms with Crippen LogP contribution in [0.5, 0.6) is 5.88 Å². The second-order valence-electron chi connectivity index (χ2n) is 8.48. The van der Waals surface area contributed by atoms with E-state index in [1.807, 2.05) is 17.0 Å². The van der Waals surface area contributed by atoms with Gasteiger partial charge in [-0.2, -0.15) is 0 Å². The summed E-state index contributed by atoms with van der Waals surface area (Å²) in [5.74, 6) is 1.08. The van der Waals surface area contributed by atoms with Gasteiger partial charge in [0.1, 0.15) is 12.4 Å². The Morgan fingerprint density at radius 3 is 1.66 bits per heavy atom. The van der Waals surface area contributed by atoms with E-state index in [9.17, 15) is 0 Å². The predicted octanol–water partition coefficient (Wildman–Crippen LogP) is 3.09. The van der Waals surface area contributed by atoms with E-state index in [0.29, 0.717) is 18.0 Å². The van der Waals surface area contributed by atoms with Crippen LogP contribution in [-0.4, -0.2) is 102 Å². The lowest BCUT2D eigenvalue weighted by atomic mass is 10.7. The number of methoxy groups -OCH3 is 4. The largest absolute Gasteiger partial charge is 0.479 e. The molecule has 0 bridgehead atoms. The van der Waals surface area contributed by atoms with Crippen LogP contribution in [0.15, 0.2) is 6.20 Å². The summed E-state index contributed by atoms with van der Waals surface area (Å²) in [7, 11) is 5.20. The topological polar surface area (TPSA) is 131 Å². The van der Waals surface area contributed by atoms with Crippen molar-refractivity contribution in [1.82, 2.24) is 15.0 Å². The predicted molar refractivity (Wildman–Crippen MR) is 152 cm³/mol. The Balaban J connectivity index is -0.000000113. The lowest BCUT2D eigenvalue weighted by Crippen LogP contribution is -2.31. The molecule has 14 heteroatoms. The second kappa shape index (κ2) is 30.9. The maximum Gasteiger partial charge on any atom is 0.253 e. The Labute approximate surface area is 224 Å². The number of alkyl halides is 2. The number of aliphatic hydroxyl groups excluding tert-OH is 1. The molecule has 0 unspecified atom stereocenters. The normalized spacial score (nSPS) is 9.46. The highest BCUT2D eigenvalue weighted by molar-refractivity contribution is 6.76. The van der Waals surface area contributed by atoms with Crippen molar-refractivity contribution in [3.63, 3.8) is 0 Å². The molecule has 0 fully saturated rings. The molecule has 0 radical (unpaired) electrons. The van der Waals surface area contributed by atoms with Crippen LogP contribution in [0.2, 0.25) is 39.3 Å². The Morgan fingerprint density at radius 1 is 1.11 bits per heavy atom. The molecular weight excluding hydrogens is 531 g/mol. The van der Waals surface area contributed by atoms with Crippen LogP contribution < -0.4 is 10.5 Å². The average molecular weight is 580 g/mol. The van der Waals surface area contributed by atoms with Gasteiger partial charge >= 0.3 is 0 Å². The van der Waals surface area contributed by atoms with Crippen LogP contribution in [0.4, 0.5) is 0 Å². The van der Waals surface area contributed by atoms with Crippen molar-refractivity contribution in [2.24, 2.45) is 5.73 Å². The van der Waals surface area contributed by atoms with Crippen molar-refractivity contribution < 1.29 is 28.8 Å². The number of carbonyl (C=O) groups is 1. The van der Waals surface area contributed by atoms with E-state index in [0.717, 1.165) is 19.4 Å². The average Bonchev–Trinajstić information content (AvgIpc) is 3.28. The first-order valence-electron chi connectivity index (χ1n) is 10.4. The molecule has 35 heavy (non-hydrogen) atoms. The first-order chi connectivity index (χ1) is 16.2. The third-order valence-corrected chi connectivity index (χ3v) is 5.68. The van der Waals surface area contributed by atoms with E-state index in [1.54, 1.807) is 21.3 Å². The van der Waals surface area contributed by atoms with Gasteiger partial charge in [0.05, 0.1) is 48.3 Å². The Bertz CT molecular complexity index is 586. The number of halogens is 2. The summed E-state index contributed by atoms with van der Waals surface area (Å²) < 4.78 is 20.2. The number of ether oxygens (including phenoxy) is 4. The highest BCUT2D eigenvalue weighted by Crippen LogP contribution is 2.07. The standard InChI is InChI=1S/C7H15N3OSi.C4H9ClO2.C4H13NSi.C3H4O.C2H3ClO.CH4O/c1-11-7-5-10(9-8-7)6-12(2,3)4;1-6-4(3-5)7-2;1-6(2,3)4-5;1-3-4-2;3-1-2-4;1-2/h5H,6H2,1-4H3;4H,3H2,1-2H3;4-5H2,1-3H3;1H,2H3;2H,1H2;2H,1H3. The van der Waals surface area contributed by atoms with Gasteiger partial charge in [0.25, 0.3) is 5.88 Å². The number of hydrogen-bond donors (Lipinski definition) is 2. The lowest BCUT2D eigenvalue weighted by molar-refractivity contribution is -0.105. The Kier molecular flexibility index (Phi) is 38.7. The minimum absolute atomic E-state index is 0.111. The molecule has 0 amide bonds. The fraction of sp³-hybridized carbons (Fsp3) is 0.762. The molecule has 0 saturated heterocycles. The minimum Gasteiger partial charge on any atom is -0.479 e. The third-order valence-electron chi connectivity index (χ3n) is 2.81. The number of carbonyl (C=O) groups excluding carboxylic acids is 1. The molecule has 3 N–H and O–H groups in total. The molecule has 0 aliphatic rings. The van der Waals surface area contributed by atoms with Gasteiger partial charge in [-0.15, -0.1) is 23.2 Å². The van der Waals surface area contributed by atoms with E-state index < -0.39 is 16.1 Å². The number of rotatable bonds is 8. The summed E-state index contributed by atoms with van der Waals surface area (Å²) in [4.78, 5) is 9.04. The monoisotopic (exact) mass is 578 g/mol. The summed E-state index contributed by atoms with van der Waals surface area (Å²) in [6.45, 7) is 13.6. The van der Waals surface area contributed by atoms with Gasteiger partial charge < -0.3 is 34.6 Å². The first-order valence-corrected chi connectivity index (χ1v) is 18.9. The van der Waals surface area contributed by atoms with E-state index in [1.165, 1.54) is 7.11 Å². The molecule has 210 valence electrons. The lowest BCUT2D eigenvalue weighted by Gasteiger charge is -2.14. The Hall–Kier alpha value is -1.18. The molecule has 0 aliphatic carbocycles. The highest BCUT2D eigenvalue weighted by atomic mass is 35.5. The first kappa shape index (κ1) is 43.9. The van der Waals surface area contributed by atoms with E-state index in [-0.39, 0.29) is 12.2 Å². The zero-order valence-corrected chi connectivity index (χ0v) is 26.8. The van der Waals surface area contributed by atoms with Gasteiger partial charge in [-0.25, -0.2) is 0 Å². The summed E-state index contributed by atoms with van der Waals surface area (Å²) in [6, 6.07) is 0. The van der Waals surface area contributed by atoms with Crippen molar-refractivity contribution >= 4 is 45.6 Å². The minimum atomic E-state index is -1.09. The zero-order valence-electron chi connectivity index (χ0n) is 23.3. The zero-order chi connectivity index (χ0) is 28.9. The Morgan fingerprint density at radius 2 is 1.51 bits per heavy atom. The molecule has 1 heterocycles. The van der Waals surface area contributed by atoms with E-state index >= 15 is 0 Å².